The summed E-state index contributed by atoms with van der Waals surface area (Å²) in [6, 6.07) is 13.4. The van der Waals surface area contributed by atoms with E-state index in [1.54, 1.807) is 26.3 Å². The van der Waals surface area contributed by atoms with Gasteiger partial charge in [0, 0.05) is 19.2 Å². The minimum absolute atomic E-state index is 0.0608. The molecule has 128 valence electrons. The molecule has 1 N–H and O–H groups in total. The number of benzene rings is 2. The van der Waals surface area contributed by atoms with Crippen LogP contribution >= 0.6 is 0 Å². The number of nitrogens with zero attached hydrogens (tertiary/aromatic N) is 1. The fraction of sp³-hybridized carbons (Fsp3) is 0.235. The number of sulfonamides is 1. The van der Waals surface area contributed by atoms with E-state index in [4.69, 9.17) is 4.74 Å². The Balaban J connectivity index is 2.20. The van der Waals surface area contributed by atoms with Crippen LogP contribution in [0.4, 0.5) is 0 Å². The van der Waals surface area contributed by atoms with Crippen LogP contribution in [0.15, 0.2) is 53.4 Å². The molecule has 2 aromatic rings. The maximum Gasteiger partial charge on any atom is 0.253 e. The number of nitrogens with one attached hydrogen (secondary N) is 1. The molecule has 0 saturated carbocycles. The van der Waals surface area contributed by atoms with Crippen LogP contribution < -0.4 is 9.46 Å². The van der Waals surface area contributed by atoms with E-state index in [1.807, 2.05) is 24.3 Å². The van der Waals surface area contributed by atoms with Gasteiger partial charge in [0.2, 0.25) is 10.0 Å². The van der Waals surface area contributed by atoms with Gasteiger partial charge in [0.05, 0.1) is 12.0 Å². The van der Waals surface area contributed by atoms with Gasteiger partial charge in [0.15, 0.2) is 0 Å². The summed E-state index contributed by atoms with van der Waals surface area (Å²) in [5.74, 6) is 0.460. The van der Waals surface area contributed by atoms with E-state index < -0.39 is 10.0 Å². The van der Waals surface area contributed by atoms with Crippen LogP contribution in [0, 0.1) is 0 Å². The molecule has 0 radical (unpaired) electrons. The van der Waals surface area contributed by atoms with E-state index in [0.717, 1.165) is 11.3 Å². The predicted octanol–water partition coefficient (Wildman–Crippen LogP) is 1.88. The summed E-state index contributed by atoms with van der Waals surface area (Å²) in [4.78, 5) is 14.1. The van der Waals surface area contributed by atoms with Crippen LogP contribution in [0.2, 0.25) is 0 Å². The van der Waals surface area contributed by atoms with Crippen molar-refractivity contribution in [2.24, 2.45) is 0 Å². The Labute approximate surface area is 142 Å². The van der Waals surface area contributed by atoms with Crippen LogP contribution in [0.5, 0.6) is 5.75 Å². The first-order valence-electron chi connectivity index (χ1n) is 7.29. The van der Waals surface area contributed by atoms with Crippen molar-refractivity contribution in [3.8, 4) is 5.75 Å². The molecule has 2 rings (SSSR count). The maximum atomic E-state index is 12.6. The third kappa shape index (κ3) is 4.12. The lowest BCUT2D eigenvalue weighted by Gasteiger charge is -2.18. The molecule has 6 nitrogen and oxygen atoms in total. The molecule has 0 atom stereocenters. The standard InChI is InChI=1S/C17H20N2O4S/c1-18-24(21,22)16-9-5-7-14(11-16)17(20)19(2)12-13-6-4-8-15(10-13)23-3/h4-11,18H,12H2,1-3H3. The fourth-order valence-electron chi connectivity index (χ4n) is 2.25. The Morgan fingerprint density at radius 2 is 1.88 bits per heavy atom. The maximum absolute atomic E-state index is 12.6. The molecule has 0 aliphatic heterocycles. The van der Waals surface area contributed by atoms with Gasteiger partial charge in [-0.05, 0) is 42.9 Å². The Bertz CT molecular complexity index is 834. The van der Waals surface area contributed by atoms with Gasteiger partial charge in [-0.15, -0.1) is 0 Å². The number of methoxy groups -OCH3 is 1. The Morgan fingerprint density at radius 3 is 2.54 bits per heavy atom. The Morgan fingerprint density at radius 1 is 1.17 bits per heavy atom. The average molecular weight is 348 g/mol. The molecule has 2 aromatic carbocycles. The van der Waals surface area contributed by atoms with E-state index in [0.29, 0.717) is 12.1 Å². The molecular weight excluding hydrogens is 328 g/mol. The van der Waals surface area contributed by atoms with Crippen molar-refractivity contribution in [1.29, 1.82) is 0 Å². The second-order valence-corrected chi connectivity index (χ2v) is 7.13. The highest BCUT2D eigenvalue weighted by atomic mass is 32.2. The summed E-state index contributed by atoms with van der Waals surface area (Å²) in [5.41, 5.74) is 1.24. The van der Waals surface area contributed by atoms with E-state index >= 15 is 0 Å². The first-order chi connectivity index (χ1) is 11.4. The highest BCUT2D eigenvalue weighted by molar-refractivity contribution is 7.89. The number of rotatable bonds is 6. The summed E-state index contributed by atoms with van der Waals surface area (Å²) < 4.78 is 31.1. The summed E-state index contributed by atoms with van der Waals surface area (Å²) in [6.45, 7) is 0.388. The zero-order chi connectivity index (χ0) is 17.7. The molecule has 0 heterocycles. The number of carbonyl (C=O) groups excluding carboxylic acids is 1. The smallest absolute Gasteiger partial charge is 0.253 e. The minimum Gasteiger partial charge on any atom is -0.497 e. The summed E-state index contributed by atoms with van der Waals surface area (Å²) in [5, 5.41) is 0. The van der Waals surface area contributed by atoms with Crippen LogP contribution in [0.3, 0.4) is 0 Å². The fourth-order valence-corrected chi connectivity index (χ4v) is 3.03. The van der Waals surface area contributed by atoms with Gasteiger partial charge in [-0.2, -0.15) is 0 Å². The van der Waals surface area contributed by atoms with Crippen molar-refractivity contribution in [3.05, 3.63) is 59.7 Å². The molecule has 24 heavy (non-hydrogen) atoms. The van der Waals surface area contributed by atoms with Gasteiger partial charge in [-0.1, -0.05) is 18.2 Å². The second-order valence-electron chi connectivity index (χ2n) is 5.25. The molecule has 0 fully saturated rings. The number of carbonyl (C=O) groups is 1. The van der Waals surface area contributed by atoms with Crippen molar-refractivity contribution in [2.75, 3.05) is 21.2 Å². The zero-order valence-corrected chi connectivity index (χ0v) is 14.6. The molecule has 0 bridgehead atoms. The molecule has 0 unspecified atom stereocenters. The molecule has 0 aliphatic carbocycles. The summed E-state index contributed by atoms with van der Waals surface area (Å²) >= 11 is 0. The topological polar surface area (TPSA) is 75.7 Å². The van der Waals surface area contributed by atoms with Crippen molar-refractivity contribution in [3.63, 3.8) is 0 Å². The number of hydrogen-bond donors (Lipinski definition) is 1. The first kappa shape index (κ1) is 18.0. The predicted molar refractivity (Wildman–Crippen MR) is 91.5 cm³/mol. The molecule has 0 aromatic heterocycles. The van der Waals surface area contributed by atoms with Crippen molar-refractivity contribution < 1.29 is 17.9 Å². The van der Waals surface area contributed by atoms with E-state index in [1.165, 1.54) is 24.1 Å². The lowest BCUT2D eigenvalue weighted by molar-refractivity contribution is 0.0784. The Hall–Kier alpha value is -2.38. The van der Waals surface area contributed by atoms with Gasteiger partial charge in [-0.3, -0.25) is 4.79 Å². The summed E-state index contributed by atoms with van der Waals surface area (Å²) in [6.07, 6.45) is 0. The third-order valence-electron chi connectivity index (χ3n) is 3.56. The number of amides is 1. The second kappa shape index (κ2) is 7.46. The van der Waals surface area contributed by atoms with E-state index in [2.05, 4.69) is 4.72 Å². The monoisotopic (exact) mass is 348 g/mol. The van der Waals surface area contributed by atoms with Gasteiger partial charge < -0.3 is 9.64 Å². The van der Waals surface area contributed by atoms with E-state index in [-0.39, 0.29) is 10.8 Å². The van der Waals surface area contributed by atoms with Crippen LogP contribution in [0.1, 0.15) is 15.9 Å². The number of ether oxygens (including phenoxy) is 1. The highest BCUT2D eigenvalue weighted by Crippen LogP contribution is 2.16. The molecular formula is C17H20N2O4S. The van der Waals surface area contributed by atoms with Gasteiger partial charge >= 0.3 is 0 Å². The molecule has 7 heteroatoms. The normalized spacial score (nSPS) is 11.1. The molecule has 0 aliphatic rings. The van der Waals surface area contributed by atoms with Crippen molar-refractivity contribution in [2.45, 2.75) is 11.4 Å². The van der Waals surface area contributed by atoms with E-state index in [9.17, 15) is 13.2 Å². The van der Waals surface area contributed by atoms with Gasteiger partial charge in [0.25, 0.3) is 5.91 Å². The third-order valence-corrected chi connectivity index (χ3v) is 4.97. The largest absolute Gasteiger partial charge is 0.497 e. The first-order valence-corrected chi connectivity index (χ1v) is 8.77. The zero-order valence-electron chi connectivity index (χ0n) is 13.8. The Kier molecular flexibility index (Phi) is 5.58. The number of hydrogen-bond acceptors (Lipinski definition) is 4. The minimum atomic E-state index is -3.59. The molecule has 1 amide bonds. The SMILES string of the molecule is CNS(=O)(=O)c1cccc(C(=O)N(C)Cc2cccc(OC)c2)c1. The average Bonchev–Trinajstić information content (AvgIpc) is 2.61. The quantitative estimate of drug-likeness (QED) is 0.865. The molecule has 0 spiro atoms. The van der Waals surface area contributed by atoms with Crippen LogP contribution in [-0.4, -0.2) is 40.4 Å². The van der Waals surface area contributed by atoms with Crippen molar-refractivity contribution in [1.82, 2.24) is 9.62 Å². The molecule has 0 saturated heterocycles. The summed E-state index contributed by atoms with van der Waals surface area (Å²) in [7, 11) is 1.000. The lowest BCUT2D eigenvalue weighted by Crippen LogP contribution is -2.26. The van der Waals surface area contributed by atoms with Gasteiger partial charge in [-0.25, -0.2) is 13.1 Å². The van der Waals surface area contributed by atoms with Gasteiger partial charge in [0.1, 0.15) is 5.75 Å². The van der Waals surface area contributed by atoms with Crippen LogP contribution in [0.25, 0.3) is 0 Å². The van der Waals surface area contributed by atoms with Crippen LogP contribution in [-0.2, 0) is 16.6 Å². The van der Waals surface area contributed by atoms with Crippen molar-refractivity contribution >= 4 is 15.9 Å². The highest BCUT2D eigenvalue weighted by Gasteiger charge is 2.17. The lowest BCUT2D eigenvalue weighted by atomic mass is 10.1.